The van der Waals surface area contributed by atoms with Gasteiger partial charge in [-0.3, -0.25) is 0 Å². The Hall–Kier alpha value is -2.44. The van der Waals surface area contributed by atoms with Crippen LogP contribution in [0.3, 0.4) is 0 Å². The van der Waals surface area contributed by atoms with Gasteiger partial charge >= 0.3 is 11.7 Å². The van der Waals surface area contributed by atoms with Gasteiger partial charge in [0.15, 0.2) is 0 Å². The molecule has 0 bridgehead atoms. The molecule has 2 aromatic rings. The minimum atomic E-state index is -0.529. The van der Waals surface area contributed by atoms with Gasteiger partial charge in [0.25, 0.3) is 0 Å². The zero-order valence-electron chi connectivity index (χ0n) is 14.0. The van der Waals surface area contributed by atoms with Gasteiger partial charge in [-0.2, -0.15) is 4.68 Å². The Morgan fingerprint density at radius 3 is 2.42 bits per heavy atom. The highest BCUT2D eigenvalue weighted by molar-refractivity contribution is 5.75. The summed E-state index contributed by atoms with van der Waals surface area (Å²) in [6.45, 7) is 2.50. The summed E-state index contributed by atoms with van der Waals surface area (Å²) in [5, 5.41) is 7.66. The molecule has 0 spiro atoms. The highest BCUT2D eigenvalue weighted by atomic mass is 16.2. The van der Waals surface area contributed by atoms with Crippen LogP contribution in [0.25, 0.3) is 5.69 Å². The zero-order valence-corrected chi connectivity index (χ0v) is 14.0. The number of tetrazole rings is 1. The first-order valence-electron chi connectivity index (χ1n) is 8.63. The number of nitrogens with zero attached hydrogens (tertiary/aromatic N) is 5. The van der Waals surface area contributed by atoms with E-state index in [1.807, 2.05) is 25.1 Å². The first kappa shape index (κ1) is 16.4. The number of amides is 1. The summed E-state index contributed by atoms with van der Waals surface area (Å²) in [4.78, 5) is 27.1. The van der Waals surface area contributed by atoms with Crippen molar-refractivity contribution in [2.45, 2.75) is 51.5 Å². The fourth-order valence-electron chi connectivity index (χ4n) is 3.34. The summed E-state index contributed by atoms with van der Waals surface area (Å²) in [6, 6.07) is 8.80. The van der Waals surface area contributed by atoms with E-state index >= 15 is 0 Å². The van der Waals surface area contributed by atoms with Crippen molar-refractivity contribution in [3.8, 4) is 5.69 Å². The van der Waals surface area contributed by atoms with E-state index in [-0.39, 0.29) is 12.1 Å². The summed E-state index contributed by atoms with van der Waals surface area (Å²) in [7, 11) is 0. The van der Waals surface area contributed by atoms with Crippen molar-refractivity contribution in [2.75, 3.05) is 6.54 Å². The topological polar surface area (TPSA) is 73.0 Å². The first-order valence-corrected chi connectivity index (χ1v) is 8.63. The van der Waals surface area contributed by atoms with Crippen molar-refractivity contribution < 1.29 is 4.79 Å². The van der Waals surface area contributed by atoms with Gasteiger partial charge in [-0.25, -0.2) is 9.59 Å². The molecule has 1 amide bonds. The van der Waals surface area contributed by atoms with Gasteiger partial charge in [0.05, 0.1) is 5.69 Å². The summed E-state index contributed by atoms with van der Waals surface area (Å²) in [5.41, 5.74) is 0.0670. The quantitative estimate of drug-likeness (QED) is 0.640. The van der Waals surface area contributed by atoms with E-state index in [9.17, 15) is 9.59 Å². The minimum absolute atomic E-state index is 0.179. The SMILES string of the molecule is CCN(C(=O)n1nnn(-c2ccccc2)c1=O)C1CCCCCC1. The fourth-order valence-corrected chi connectivity index (χ4v) is 3.34. The highest BCUT2D eigenvalue weighted by Gasteiger charge is 2.27. The second-order valence-corrected chi connectivity index (χ2v) is 6.13. The number of rotatable bonds is 3. The molecule has 3 rings (SSSR count). The van der Waals surface area contributed by atoms with E-state index in [0.29, 0.717) is 12.2 Å². The van der Waals surface area contributed by atoms with Gasteiger partial charge in [-0.05, 0) is 42.3 Å². The van der Waals surface area contributed by atoms with E-state index < -0.39 is 5.69 Å². The Balaban J connectivity index is 1.86. The van der Waals surface area contributed by atoms with Crippen molar-refractivity contribution in [1.82, 2.24) is 24.7 Å². The smallest absolute Gasteiger partial charge is 0.320 e. The molecule has 1 saturated carbocycles. The second kappa shape index (κ2) is 7.42. The van der Waals surface area contributed by atoms with Crippen LogP contribution in [0.5, 0.6) is 0 Å². The molecule has 1 aliphatic carbocycles. The molecule has 128 valence electrons. The lowest BCUT2D eigenvalue weighted by Crippen LogP contribution is -2.46. The highest BCUT2D eigenvalue weighted by Crippen LogP contribution is 2.22. The largest absolute Gasteiger partial charge is 0.377 e. The zero-order chi connectivity index (χ0) is 16.9. The Kier molecular flexibility index (Phi) is 5.08. The molecule has 0 radical (unpaired) electrons. The molecule has 1 aliphatic rings. The van der Waals surface area contributed by atoms with Crippen LogP contribution in [0.4, 0.5) is 4.79 Å². The number of para-hydroxylation sites is 1. The molecule has 7 heteroatoms. The van der Waals surface area contributed by atoms with Crippen molar-refractivity contribution in [3.63, 3.8) is 0 Å². The molecule has 7 nitrogen and oxygen atoms in total. The minimum Gasteiger partial charge on any atom is -0.320 e. The van der Waals surface area contributed by atoms with E-state index in [0.717, 1.165) is 35.0 Å². The van der Waals surface area contributed by atoms with E-state index in [4.69, 9.17) is 0 Å². The molecular formula is C17H23N5O2. The third-order valence-corrected chi connectivity index (χ3v) is 4.62. The van der Waals surface area contributed by atoms with Gasteiger partial charge in [-0.15, -0.1) is 4.68 Å². The summed E-state index contributed by atoms with van der Waals surface area (Å²) >= 11 is 0. The van der Waals surface area contributed by atoms with Gasteiger partial charge < -0.3 is 4.90 Å². The van der Waals surface area contributed by atoms with Crippen LogP contribution >= 0.6 is 0 Å². The molecule has 0 atom stereocenters. The van der Waals surface area contributed by atoms with Gasteiger partial charge in [0, 0.05) is 12.6 Å². The second-order valence-electron chi connectivity index (χ2n) is 6.13. The van der Waals surface area contributed by atoms with Gasteiger partial charge in [0.1, 0.15) is 0 Å². The molecule has 1 aromatic carbocycles. The normalized spacial score (nSPS) is 15.9. The maximum Gasteiger partial charge on any atom is 0.377 e. The maximum absolute atomic E-state index is 12.8. The Morgan fingerprint density at radius 1 is 1.12 bits per heavy atom. The van der Waals surface area contributed by atoms with E-state index in [1.54, 1.807) is 17.0 Å². The fraction of sp³-hybridized carbons (Fsp3) is 0.529. The monoisotopic (exact) mass is 329 g/mol. The van der Waals surface area contributed by atoms with Crippen LogP contribution in [0.1, 0.15) is 45.4 Å². The lowest BCUT2D eigenvalue weighted by molar-refractivity contribution is 0.168. The number of hydrogen-bond donors (Lipinski definition) is 0. The maximum atomic E-state index is 12.8. The van der Waals surface area contributed by atoms with Gasteiger partial charge in [0.2, 0.25) is 0 Å². The van der Waals surface area contributed by atoms with Crippen molar-refractivity contribution >= 4 is 6.03 Å². The van der Waals surface area contributed by atoms with Crippen LogP contribution in [0, 0.1) is 0 Å². The molecule has 0 aliphatic heterocycles. The average molecular weight is 329 g/mol. The van der Waals surface area contributed by atoms with Crippen LogP contribution in [-0.2, 0) is 0 Å². The molecule has 24 heavy (non-hydrogen) atoms. The predicted molar refractivity (Wildman–Crippen MR) is 90.3 cm³/mol. The number of benzene rings is 1. The van der Waals surface area contributed by atoms with Crippen molar-refractivity contribution in [2.24, 2.45) is 0 Å². The number of carbonyl (C=O) groups excluding carboxylic acids is 1. The molecule has 1 heterocycles. The van der Waals surface area contributed by atoms with Crippen molar-refractivity contribution in [3.05, 3.63) is 40.8 Å². The molecule has 0 N–H and O–H groups in total. The number of hydrogen-bond acceptors (Lipinski definition) is 4. The number of aromatic nitrogens is 4. The Bertz CT molecular complexity index is 729. The summed E-state index contributed by atoms with van der Waals surface area (Å²) in [6.07, 6.45) is 6.65. The molecule has 0 saturated heterocycles. The third kappa shape index (κ3) is 3.25. The predicted octanol–water partition coefficient (Wildman–Crippen LogP) is 2.44. The molecule has 1 fully saturated rings. The average Bonchev–Trinajstić information content (AvgIpc) is 2.81. The van der Waals surface area contributed by atoms with Crippen LogP contribution < -0.4 is 5.69 Å². The molecule has 0 unspecified atom stereocenters. The van der Waals surface area contributed by atoms with E-state index in [1.165, 1.54) is 12.8 Å². The molecule has 1 aromatic heterocycles. The lowest BCUT2D eigenvalue weighted by atomic mass is 10.1. The number of carbonyl (C=O) groups is 1. The summed E-state index contributed by atoms with van der Waals surface area (Å²) in [5.74, 6) is 0. The molecular weight excluding hydrogens is 306 g/mol. The van der Waals surface area contributed by atoms with Crippen LogP contribution in [-0.4, -0.2) is 43.3 Å². The van der Waals surface area contributed by atoms with Crippen LogP contribution in [0.2, 0.25) is 0 Å². The standard InChI is InChI=1S/C17H23N5O2/c1-2-20(14-10-6-3-4-7-11-14)16(23)22-17(24)21(18-19-22)15-12-8-5-9-13-15/h5,8-9,12-14H,2-4,6-7,10-11H2,1H3. The Morgan fingerprint density at radius 2 is 1.79 bits per heavy atom. The lowest BCUT2D eigenvalue weighted by Gasteiger charge is -2.29. The third-order valence-electron chi connectivity index (χ3n) is 4.62. The van der Waals surface area contributed by atoms with Gasteiger partial charge in [-0.1, -0.05) is 43.9 Å². The van der Waals surface area contributed by atoms with Crippen LogP contribution in [0.15, 0.2) is 35.1 Å². The Labute approximate surface area is 140 Å². The summed E-state index contributed by atoms with van der Waals surface area (Å²) < 4.78 is 2.03. The van der Waals surface area contributed by atoms with E-state index in [2.05, 4.69) is 10.4 Å². The van der Waals surface area contributed by atoms with Crippen molar-refractivity contribution in [1.29, 1.82) is 0 Å². The first-order chi connectivity index (χ1) is 11.7.